The minimum Gasteiger partial charge on any atom is -0.496 e. The first-order valence-corrected chi connectivity index (χ1v) is 9.01. The van der Waals surface area contributed by atoms with Gasteiger partial charge in [-0.1, -0.05) is 18.5 Å². The van der Waals surface area contributed by atoms with Crippen molar-refractivity contribution in [2.45, 2.75) is 18.9 Å². The minimum atomic E-state index is -1.47. The molecule has 0 radical (unpaired) electrons. The van der Waals surface area contributed by atoms with Gasteiger partial charge in [-0.2, -0.15) is 0 Å². The van der Waals surface area contributed by atoms with Crippen molar-refractivity contribution in [2.24, 2.45) is 16.6 Å². The van der Waals surface area contributed by atoms with Crippen molar-refractivity contribution >= 4 is 35.1 Å². The molecule has 0 saturated carbocycles. The first-order valence-electron chi connectivity index (χ1n) is 8.63. The van der Waals surface area contributed by atoms with E-state index in [9.17, 15) is 9.59 Å². The van der Waals surface area contributed by atoms with Gasteiger partial charge in [0.05, 0.1) is 19.2 Å². The van der Waals surface area contributed by atoms with Crippen LogP contribution in [0.2, 0.25) is 5.02 Å². The molecular formula is C20H21ClN2O5. The molecule has 0 aromatic heterocycles. The average Bonchev–Trinajstić information content (AvgIpc) is 2.98. The summed E-state index contributed by atoms with van der Waals surface area (Å²) in [5, 5.41) is 0.179. The number of Topliss-reactive ketones (excluding diaryl/α,β-unsaturated/α-hetero) is 1. The van der Waals surface area contributed by atoms with Gasteiger partial charge in [0, 0.05) is 42.9 Å². The maximum Gasteiger partial charge on any atom is 0.231 e. The average molecular weight is 405 g/mol. The van der Waals surface area contributed by atoms with Crippen molar-refractivity contribution in [3.63, 3.8) is 0 Å². The SMILES string of the molecule is CN=CC=C(N)c1cc(OC)c2c(c1Cl)O[C@]1(C2=O)C(OC)=CC(=O)C[C@H]1C. The number of allylic oxidation sites excluding steroid dienone is 2. The number of ether oxygens (including phenoxy) is 3. The molecule has 1 spiro atoms. The van der Waals surface area contributed by atoms with E-state index in [4.69, 9.17) is 31.5 Å². The Morgan fingerprint density at radius 2 is 2.11 bits per heavy atom. The van der Waals surface area contributed by atoms with Crippen LogP contribution in [0.25, 0.3) is 5.70 Å². The lowest BCUT2D eigenvalue weighted by Gasteiger charge is -2.36. The highest BCUT2D eigenvalue weighted by atomic mass is 35.5. The molecule has 0 bridgehead atoms. The largest absolute Gasteiger partial charge is 0.496 e. The van der Waals surface area contributed by atoms with Crippen molar-refractivity contribution in [1.82, 2.24) is 0 Å². The Hall–Kier alpha value is -2.80. The highest BCUT2D eigenvalue weighted by Gasteiger charge is 2.59. The highest BCUT2D eigenvalue weighted by Crippen LogP contribution is 2.53. The summed E-state index contributed by atoms with van der Waals surface area (Å²) >= 11 is 6.57. The predicted molar refractivity (Wildman–Crippen MR) is 106 cm³/mol. The molecular weight excluding hydrogens is 384 g/mol. The van der Waals surface area contributed by atoms with E-state index in [1.807, 2.05) is 0 Å². The fourth-order valence-electron chi connectivity index (χ4n) is 3.63. The molecule has 2 aliphatic rings. The number of nitrogens with two attached hydrogens (primary N) is 1. The summed E-state index contributed by atoms with van der Waals surface area (Å²) in [7, 11) is 4.46. The number of carbonyl (C=O) groups is 2. The van der Waals surface area contributed by atoms with Gasteiger partial charge in [0.1, 0.15) is 11.3 Å². The Morgan fingerprint density at radius 1 is 1.39 bits per heavy atom. The van der Waals surface area contributed by atoms with Crippen LogP contribution in [0.3, 0.4) is 0 Å². The van der Waals surface area contributed by atoms with Crippen LogP contribution in [-0.4, -0.2) is 44.6 Å². The summed E-state index contributed by atoms with van der Waals surface area (Å²) in [5.41, 5.74) is 5.63. The zero-order valence-electron chi connectivity index (χ0n) is 16.0. The van der Waals surface area contributed by atoms with Gasteiger partial charge in [0.15, 0.2) is 17.3 Å². The Morgan fingerprint density at radius 3 is 2.71 bits per heavy atom. The number of fused-ring (bicyclic) bond motifs is 1. The fraction of sp³-hybridized carbons (Fsp3) is 0.350. The van der Waals surface area contributed by atoms with E-state index in [-0.39, 0.29) is 45.8 Å². The Labute approximate surface area is 167 Å². The lowest BCUT2D eigenvalue weighted by molar-refractivity contribution is -0.118. The van der Waals surface area contributed by atoms with Crippen molar-refractivity contribution in [1.29, 1.82) is 0 Å². The summed E-state index contributed by atoms with van der Waals surface area (Å²) in [6.07, 6.45) is 4.56. The topological polar surface area (TPSA) is 100 Å². The maximum absolute atomic E-state index is 13.5. The van der Waals surface area contributed by atoms with Crippen molar-refractivity contribution in [3.8, 4) is 11.5 Å². The molecule has 28 heavy (non-hydrogen) atoms. The van der Waals surface area contributed by atoms with Gasteiger partial charge in [-0.15, -0.1) is 0 Å². The van der Waals surface area contributed by atoms with Gasteiger partial charge < -0.3 is 19.9 Å². The van der Waals surface area contributed by atoms with Crippen LogP contribution in [0, 0.1) is 5.92 Å². The molecule has 1 aromatic rings. The maximum atomic E-state index is 13.5. The van der Waals surface area contributed by atoms with Crippen molar-refractivity contribution in [3.05, 3.63) is 40.1 Å². The standard InChI is InChI=1S/C20H21ClN2O5/c1-10-7-11(24)8-15(27-4)20(10)19(25)16-14(26-3)9-12(13(22)5-6-23-2)17(21)18(16)28-20/h5-6,8-10H,7,22H2,1-4H3/t10-,20+/m1/s1. The van der Waals surface area contributed by atoms with Crippen LogP contribution in [0.15, 0.2) is 29.0 Å². The summed E-state index contributed by atoms with van der Waals surface area (Å²) in [5.74, 6) is -0.357. The van der Waals surface area contributed by atoms with Gasteiger partial charge >= 0.3 is 0 Å². The Bertz CT molecular complexity index is 950. The number of methoxy groups -OCH3 is 2. The molecule has 1 aromatic carbocycles. The van der Waals surface area contributed by atoms with E-state index in [1.165, 1.54) is 26.5 Å². The number of aliphatic imine (C=N–C) groups is 1. The summed E-state index contributed by atoms with van der Waals surface area (Å²) in [6.45, 7) is 1.76. The number of carbonyl (C=O) groups excluding carboxylic acids is 2. The molecule has 7 nitrogen and oxygen atoms in total. The van der Waals surface area contributed by atoms with E-state index < -0.39 is 11.5 Å². The first-order chi connectivity index (χ1) is 13.3. The molecule has 148 valence electrons. The highest BCUT2D eigenvalue weighted by molar-refractivity contribution is 6.35. The quantitative estimate of drug-likeness (QED) is 0.774. The van der Waals surface area contributed by atoms with Crippen molar-refractivity contribution in [2.75, 3.05) is 21.3 Å². The van der Waals surface area contributed by atoms with Crippen LogP contribution < -0.4 is 15.2 Å². The van der Waals surface area contributed by atoms with Gasteiger partial charge in [-0.25, -0.2) is 0 Å². The second-order valence-corrected chi connectivity index (χ2v) is 7.00. The van der Waals surface area contributed by atoms with E-state index >= 15 is 0 Å². The third-order valence-electron chi connectivity index (χ3n) is 5.03. The van der Waals surface area contributed by atoms with Crippen LogP contribution in [0.4, 0.5) is 0 Å². The number of hydrogen-bond acceptors (Lipinski definition) is 7. The van der Waals surface area contributed by atoms with Gasteiger partial charge in [-0.3, -0.25) is 14.6 Å². The Kier molecular flexibility index (Phi) is 5.21. The molecule has 2 atom stereocenters. The zero-order chi connectivity index (χ0) is 20.6. The third-order valence-corrected chi connectivity index (χ3v) is 5.40. The monoisotopic (exact) mass is 404 g/mol. The minimum absolute atomic E-state index is 0.132. The van der Waals surface area contributed by atoms with Crippen LogP contribution >= 0.6 is 11.6 Å². The number of nitrogens with zero attached hydrogens (tertiary/aromatic N) is 1. The fourth-order valence-corrected chi connectivity index (χ4v) is 3.92. The lowest BCUT2D eigenvalue weighted by Crippen LogP contribution is -2.51. The molecule has 1 heterocycles. The zero-order valence-corrected chi connectivity index (χ0v) is 16.8. The normalized spacial score (nSPS) is 24.4. The molecule has 0 fully saturated rings. The molecule has 0 amide bonds. The predicted octanol–water partition coefficient (Wildman–Crippen LogP) is 2.80. The number of ketones is 2. The summed E-state index contributed by atoms with van der Waals surface area (Å²) in [6, 6.07) is 1.59. The summed E-state index contributed by atoms with van der Waals surface area (Å²) in [4.78, 5) is 29.3. The number of halogens is 1. The van der Waals surface area contributed by atoms with Crippen LogP contribution in [0.1, 0.15) is 29.3 Å². The molecule has 8 heteroatoms. The van der Waals surface area contributed by atoms with E-state index in [0.717, 1.165) is 0 Å². The van der Waals surface area contributed by atoms with Crippen LogP contribution in [0.5, 0.6) is 11.5 Å². The van der Waals surface area contributed by atoms with Crippen LogP contribution in [-0.2, 0) is 9.53 Å². The number of rotatable bonds is 4. The third kappa shape index (κ3) is 2.77. The van der Waals surface area contributed by atoms with Crippen molar-refractivity contribution < 1.29 is 23.8 Å². The molecule has 0 unspecified atom stereocenters. The van der Waals surface area contributed by atoms with Gasteiger partial charge in [-0.05, 0) is 12.1 Å². The Balaban J connectivity index is 2.25. The van der Waals surface area contributed by atoms with Gasteiger partial charge in [0.2, 0.25) is 11.4 Å². The molecule has 2 N–H and O–H groups in total. The lowest BCUT2D eigenvalue weighted by atomic mass is 9.75. The van der Waals surface area contributed by atoms with Gasteiger partial charge in [0.25, 0.3) is 0 Å². The number of hydrogen-bond donors (Lipinski definition) is 1. The van der Waals surface area contributed by atoms with E-state index in [1.54, 1.807) is 26.1 Å². The molecule has 1 aliphatic carbocycles. The number of benzene rings is 1. The van der Waals surface area contributed by atoms with E-state index in [0.29, 0.717) is 11.3 Å². The second kappa shape index (κ2) is 7.31. The molecule has 3 rings (SSSR count). The molecule has 1 aliphatic heterocycles. The first kappa shape index (κ1) is 19.9. The van der Waals surface area contributed by atoms with E-state index in [2.05, 4.69) is 4.99 Å². The second-order valence-electron chi connectivity index (χ2n) is 6.62. The molecule has 0 saturated heterocycles. The smallest absolute Gasteiger partial charge is 0.231 e. The summed E-state index contributed by atoms with van der Waals surface area (Å²) < 4.78 is 17.0.